The fourth-order valence-corrected chi connectivity index (χ4v) is 8.06. The molecule has 0 fully saturated rings. The van der Waals surface area contributed by atoms with Gasteiger partial charge < -0.3 is 0 Å². The molecule has 8 aromatic carbocycles. The van der Waals surface area contributed by atoms with E-state index < -0.39 is 0 Å². The van der Waals surface area contributed by atoms with Crippen molar-refractivity contribution in [2.24, 2.45) is 0 Å². The van der Waals surface area contributed by atoms with Crippen LogP contribution in [-0.4, -0.2) is 0 Å². The molecular weight excluding hydrogens is 464 g/mol. The lowest BCUT2D eigenvalue weighted by molar-refractivity contribution is 1.80. The van der Waals surface area contributed by atoms with Crippen LogP contribution in [-0.2, 0) is 0 Å². The van der Waals surface area contributed by atoms with Crippen LogP contribution in [0.4, 0.5) is 0 Å². The van der Waals surface area contributed by atoms with Crippen molar-refractivity contribution in [2.75, 3.05) is 0 Å². The second kappa shape index (κ2) is 7.06. The first kappa shape index (κ1) is 19.7. The van der Waals surface area contributed by atoms with Crippen molar-refractivity contribution in [1.29, 1.82) is 0 Å². The average molecular weight is 485 g/mol. The number of benzene rings is 8. The summed E-state index contributed by atoms with van der Waals surface area (Å²) in [5.74, 6) is 0. The van der Waals surface area contributed by atoms with Crippen molar-refractivity contribution in [3.63, 3.8) is 0 Å². The summed E-state index contributed by atoms with van der Waals surface area (Å²) in [5.41, 5.74) is 0. The lowest BCUT2D eigenvalue weighted by Crippen LogP contribution is -1.84. The van der Waals surface area contributed by atoms with Crippen molar-refractivity contribution in [1.82, 2.24) is 0 Å². The molecule has 170 valence electrons. The maximum Gasteiger partial charge on any atom is 0.0440 e. The fraction of sp³-hybridized carbons (Fsp3) is 0. The fourth-order valence-electron chi connectivity index (χ4n) is 6.66. The number of thiophene rings is 1. The number of rotatable bonds is 0. The van der Waals surface area contributed by atoms with E-state index in [1.54, 1.807) is 0 Å². The Morgan fingerprint density at radius 1 is 0.270 bits per heavy atom. The molecule has 1 aromatic heterocycles. The van der Waals surface area contributed by atoms with E-state index in [1.807, 2.05) is 11.3 Å². The zero-order chi connectivity index (χ0) is 24.1. The molecule has 0 aliphatic heterocycles. The van der Waals surface area contributed by atoms with Gasteiger partial charge in [0.1, 0.15) is 0 Å². The first-order valence-corrected chi connectivity index (χ1v) is 13.6. The quantitative estimate of drug-likeness (QED) is 0.188. The Balaban J connectivity index is 1.66. The van der Waals surface area contributed by atoms with Gasteiger partial charge in [0.25, 0.3) is 0 Å². The highest BCUT2D eigenvalue weighted by atomic mass is 32.1. The van der Waals surface area contributed by atoms with Crippen LogP contribution in [0.25, 0.3) is 84.8 Å². The summed E-state index contributed by atoms with van der Waals surface area (Å²) in [4.78, 5) is 0. The van der Waals surface area contributed by atoms with E-state index in [-0.39, 0.29) is 0 Å². The molecule has 0 saturated heterocycles. The first-order chi connectivity index (χ1) is 18.4. The van der Waals surface area contributed by atoms with E-state index in [0.29, 0.717) is 0 Å². The standard InChI is InChI=1S/C36H20S/c1-3-11-23-21(9-1)17-19-29-31(23)25-13-5-7-15-27(25)33-34-28-16-8-6-14-26(28)32-24-12-4-2-10-22(24)18-20-30(32)36(34)37-35(29)33/h1-20H. The molecule has 1 heterocycles. The van der Waals surface area contributed by atoms with Gasteiger partial charge in [-0.3, -0.25) is 0 Å². The summed E-state index contributed by atoms with van der Waals surface area (Å²) in [6.45, 7) is 0. The second-order valence-corrected chi connectivity index (χ2v) is 11.0. The molecule has 0 spiro atoms. The van der Waals surface area contributed by atoms with Crippen LogP contribution >= 0.6 is 11.3 Å². The van der Waals surface area contributed by atoms with E-state index in [9.17, 15) is 0 Å². The molecule has 0 N–H and O–H groups in total. The van der Waals surface area contributed by atoms with Gasteiger partial charge in [0.2, 0.25) is 0 Å². The Morgan fingerprint density at radius 2 is 0.622 bits per heavy atom. The Hall–Kier alpha value is -4.46. The van der Waals surface area contributed by atoms with Crippen LogP contribution in [0, 0.1) is 0 Å². The zero-order valence-electron chi connectivity index (χ0n) is 20.0. The Labute approximate surface area is 217 Å². The molecule has 0 nitrogen and oxygen atoms in total. The highest BCUT2D eigenvalue weighted by molar-refractivity contribution is 7.28. The van der Waals surface area contributed by atoms with E-state index in [1.165, 1.54) is 84.8 Å². The van der Waals surface area contributed by atoms with Gasteiger partial charge in [-0.05, 0) is 53.9 Å². The topological polar surface area (TPSA) is 0 Å². The van der Waals surface area contributed by atoms with Crippen LogP contribution in [0.3, 0.4) is 0 Å². The van der Waals surface area contributed by atoms with Gasteiger partial charge in [0, 0.05) is 30.9 Å². The predicted molar refractivity (Wildman–Crippen MR) is 164 cm³/mol. The lowest BCUT2D eigenvalue weighted by Gasteiger charge is -2.12. The van der Waals surface area contributed by atoms with Crippen LogP contribution in [0.2, 0.25) is 0 Å². The van der Waals surface area contributed by atoms with Crippen molar-refractivity contribution in [3.05, 3.63) is 121 Å². The van der Waals surface area contributed by atoms with E-state index in [2.05, 4.69) is 121 Å². The molecule has 0 unspecified atom stereocenters. The predicted octanol–water partition coefficient (Wildman–Crippen LogP) is 11.0. The third kappa shape index (κ3) is 2.47. The van der Waals surface area contributed by atoms with E-state index >= 15 is 0 Å². The molecule has 0 radical (unpaired) electrons. The highest BCUT2D eigenvalue weighted by Gasteiger charge is 2.20. The smallest absolute Gasteiger partial charge is 0.0440 e. The average Bonchev–Trinajstić information content (AvgIpc) is 3.38. The van der Waals surface area contributed by atoms with Crippen LogP contribution in [0.15, 0.2) is 121 Å². The number of fused-ring (bicyclic) bond motifs is 17. The normalized spacial score (nSPS) is 12.3. The number of hydrogen-bond acceptors (Lipinski definition) is 1. The largest absolute Gasteiger partial charge is 0.134 e. The van der Waals surface area contributed by atoms with Gasteiger partial charge in [0.05, 0.1) is 0 Å². The van der Waals surface area contributed by atoms with Gasteiger partial charge in [-0.2, -0.15) is 0 Å². The summed E-state index contributed by atoms with van der Waals surface area (Å²) in [6.07, 6.45) is 0. The molecule has 0 aliphatic rings. The van der Waals surface area contributed by atoms with Crippen LogP contribution in [0.5, 0.6) is 0 Å². The van der Waals surface area contributed by atoms with Gasteiger partial charge in [0.15, 0.2) is 0 Å². The lowest BCUT2D eigenvalue weighted by atomic mass is 9.90. The maximum absolute atomic E-state index is 2.35. The Kier molecular flexibility index (Phi) is 3.76. The SMILES string of the molecule is c1ccc2c(c1)ccc1c3sc4c5ccc6ccccc6c5c5ccccc5c4c3c3ccccc3c21. The molecule has 0 bridgehead atoms. The maximum atomic E-state index is 2.35. The van der Waals surface area contributed by atoms with Gasteiger partial charge in [-0.1, -0.05) is 121 Å². The molecule has 9 rings (SSSR count). The van der Waals surface area contributed by atoms with Crippen LogP contribution in [0.1, 0.15) is 0 Å². The van der Waals surface area contributed by atoms with E-state index in [4.69, 9.17) is 0 Å². The minimum absolute atomic E-state index is 1.29. The minimum atomic E-state index is 1.29. The Morgan fingerprint density at radius 3 is 1.05 bits per heavy atom. The molecular formula is C36H20S. The minimum Gasteiger partial charge on any atom is -0.134 e. The first-order valence-electron chi connectivity index (χ1n) is 12.8. The zero-order valence-corrected chi connectivity index (χ0v) is 20.8. The van der Waals surface area contributed by atoms with Crippen molar-refractivity contribution in [3.8, 4) is 0 Å². The van der Waals surface area contributed by atoms with Gasteiger partial charge >= 0.3 is 0 Å². The summed E-state index contributed by atoms with van der Waals surface area (Å²) >= 11 is 1.97. The molecule has 0 aliphatic carbocycles. The molecule has 0 amide bonds. The summed E-state index contributed by atoms with van der Waals surface area (Å²) in [7, 11) is 0. The third-order valence-electron chi connectivity index (χ3n) is 8.19. The molecule has 0 saturated carbocycles. The van der Waals surface area contributed by atoms with Crippen LogP contribution < -0.4 is 0 Å². The highest BCUT2D eigenvalue weighted by Crippen LogP contribution is 2.50. The summed E-state index contributed by atoms with van der Waals surface area (Å²) in [5, 5.41) is 18.8. The van der Waals surface area contributed by atoms with Gasteiger partial charge in [-0.15, -0.1) is 11.3 Å². The molecule has 1 heteroatoms. The second-order valence-electron chi connectivity index (χ2n) is 10.0. The number of hydrogen-bond donors (Lipinski definition) is 0. The van der Waals surface area contributed by atoms with Gasteiger partial charge in [-0.25, -0.2) is 0 Å². The third-order valence-corrected chi connectivity index (χ3v) is 9.44. The van der Waals surface area contributed by atoms with E-state index in [0.717, 1.165) is 0 Å². The molecule has 0 atom stereocenters. The molecule has 37 heavy (non-hydrogen) atoms. The van der Waals surface area contributed by atoms with Crippen molar-refractivity contribution >= 4 is 96.1 Å². The summed E-state index contributed by atoms with van der Waals surface area (Å²) in [6, 6.07) is 44.9. The van der Waals surface area contributed by atoms with Crippen molar-refractivity contribution in [2.45, 2.75) is 0 Å². The monoisotopic (exact) mass is 484 g/mol. The van der Waals surface area contributed by atoms with Crippen molar-refractivity contribution < 1.29 is 0 Å². The summed E-state index contributed by atoms with van der Waals surface area (Å²) < 4.78 is 2.78. The molecule has 9 aromatic rings. The Bertz CT molecular complexity index is 2240.